The molecule has 0 saturated heterocycles. The molecule has 0 aromatic heterocycles. The molecule has 0 N–H and O–H groups in total. The number of ether oxygens (including phenoxy) is 1. The van der Waals surface area contributed by atoms with Gasteiger partial charge in [0.1, 0.15) is 5.75 Å². The molecule has 4 nitrogen and oxygen atoms in total. The molecule has 1 fully saturated rings. The number of nitrogens with zero attached hydrogens (tertiary/aromatic N) is 1. The van der Waals surface area contributed by atoms with Crippen molar-refractivity contribution in [3.8, 4) is 5.75 Å². The van der Waals surface area contributed by atoms with E-state index in [4.69, 9.17) is 4.74 Å². The van der Waals surface area contributed by atoms with E-state index in [1.165, 1.54) is 0 Å². The van der Waals surface area contributed by atoms with Gasteiger partial charge in [0.15, 0.2) is 0 Å². The van der Waals surface area contributed by atoms with Gasteiger partial charge >= 0.3 is 0 Å². The molecule has 0 amide bonds. The van der Waals surface area contributed by atoms with Crippen LogP contribution in [0.4, 0.5) is 0 Å². The van der Waals surface area contributed by atoms with Gasteiger partial charge in [-0.1, -0.05) is 34.1 Å². The fraction of sp³-hybridized carbons (Fsp3) is 0.294. The second-order valence-corrected chi connectivity index (χ2v) is 8.39. The highest BCUT2D eigenvalue weighted by Gasteiger charge is 2.38. The number of benzene rings is 2. The Bertz CT molecular complexity index is 786. The zero-order valence-electron chi connectivity index (χ0n) is 12.8. The first-order chi connectivity index (χ1) is 11.0. The first kappa shape index (κ1) is 16.5. The lowest BCUT2D eigenvalue weighted by Gasteiger charge is -2.22. The van der Waals surface area contributed by atoms with Gasteiger partial charge in [0.25, 0.3) is 0 Å². The SMILES string of the molecule is COc1ccc(CN(C2CC2)S(=O)(=O)c2cccc(Br)c2)cc1. The number of halogens is 1. The van der Waals surface area contributed by atoms with Crippen LogP contribution in [0.15, 0.2) is 57.9 Å². The van der Waals surface area contributed by atoms with Crippen LogP contribution in [0.5, 0.6) is 5.75 Å². The molecule has 0 atom stereocenters. The summed E-state index contributed by atoms with van der Waals surface area (Å²) in [7, 11) is -1.89. The van der Waals surface area contributed by atoms with Crippen molar-refractivity contribution in [1.82, 2.24) is 4.31 Å². The lowest BCUT2D eigenvalue weighted by atomic mass is 10.2. The van der Waals surface area contributed by atoms with Crippen molar-refractivity contribution < 1.29 is 13.2 Å². The van der Waals surface area contributed by atoms with Crippen LogP contribution < -0.4 is 4.74 Å². The van der Waals surface area contributed by atoms with Crippen molar-refractivity contribution in [2.24, 2.45) is 0 Å². The average molecular weight is 396 g/mol. The highest BCUT2D eigenvalue weighted by Crippen LogP contribution is 2.34. The number of methoxy groups -OCH3 is 1. The van der Waals surface area contributed by atoms with E-state index in [0.717, 1.165) is 28.6 Å². The smallest absolute Gasteiger partial charge is 0.243 e. The van der Waals surface area contributed by atoms with Crippen LogP contribution in [0.2, 0.25) is 0 Å². The summed E-state index contributed by atoms with van der Waals surface area (Å²) in [4.78, 5) is 0.326. The van der Waals surface area contributed by atoms with Crippen LogP contribution in [0.3, 0.4) is 0 Å². The van der Waals surface area contributed by atoms with E-state index in [1.54, 1.807) is 29.6 Å². The molecule has 1 saturated carbocycles. The molecule has 0 unspecified atom stereocenters. The molecule has 1 aliphatic rings. The van der Waals surface area contributed by atoms with E-state index in [2.05, 4.69) is 15.9 Å². The van der Waals surface area contributed by atoms with Gasteiger partial charge < -0.3 is 4.74 Å². The second kappa shape index (κ2) is 6.63. The highest BCUT2D eigenvalue weighted by atomic mass is 79.9. The molecule has 2 aromatic carbocycles. The molecule has 0 bridgehead atoms. The van der Waals surface area contributed by atoms with Crippen molar-refractivity contribution >= 4 is 26.0 Å². The Hall–Kier alpha value is -1.37. The van der Waals surface area contributed by atoms with E-state index >= 15 is 0 Å². The Morgan fingerprint density at radius 2 is 1.87 bits per heavy atom. The maximum absolute atomic E-state index is 13.0. The van der Waals surface area contributed by atoms with Crippen LogP contribution in [0, 0.1) is 0 Å². The fourth-order valence-corrected chi connectivity index (χ4v) is 4.72. The molecule has 0 aliphatic heterocycles. The van der Waals surface area contributed by atoms with Gasteiger partial charge in [-0.25, -0.2) is 8.42 Å². The number of hydrogen-bond donors (Lipinski definition) is 0. The zero-order chi connectivity index (χ0) is 16.4. The van der Waals surface area contributed by atoms with Gasteiger partial charge in [-0.2, -0.15) is 4.31 Å². The maximum Gasteiger partial charge on any atom is 0.243 e. The van der Waals surface area contributed by atoms with Gasteiger partial charge in [0.2, 0.25) is 10.0 Å². The summed E-state index contributed by atoms with van der Waals surface area (Å²) in [5, 5.41) is 0. The van der Waals surface area contributed by atoms with E-state index in [-0.39, 0.29) is 6.04 Å². The predicted octanol–water partition coefficient (Wildman–Crippen LogP) is 3.81. The molecule has 3 rings (SSSR count). The van der Waals surface area contributed by atoms with Crippen molar-refractivity contribution in [1.29, 1.82) is 0 Å². The molecule has 6 heteroatoms. The minimum absolute atomic E-state index is 0.0982. The highest BCUT2D eigenvalue weighted by molar-refractivity contribution is 9.10. The molecule has 0 heterocycles. The largest absolute Gasteiger partial charge is 0.497 e. The Morgan fingerprint density at radius 1 is 1.17 bits per heavy atom. The summed E-state index contributed by atoms with van der Waals surface area (Å²) >= 11 is 3.34. The number of sulfonamides is 1. The predicted molar refractivity (Wildman–Crippen MR) is 92.9 cm³/mol. The van der Waals surface area contributed by atoms with Crippen LogP contribution in [-0.2, 0) is 16.6 Å². The third-order valence-electron chi connectivity index (χ3n) is 3.85. The third kappa shape index (κ3) is 3.76. The Labute approximate surface area is 145 Å². The summed E-state index contributed by atoms with van der Waals surface area (Å²) in [6.45, 7) is 0.378. The zero-order valence-corrected chi connectivity index (χ0v) is 15.2. The molecule has 2 aromatic rings. The van der Waals surface area contributed by atoms with Gasteiger partial charge in [-0.05, 0) is 48.7 Å². The third-order valence-corrected chi connectivity index (χ3v) is 6.24. The summed E-state index contributed by atoms with van der Waals surface area (Å²) in [5.74, 6) is 0.765. The van der Waals surface area contributed by atoms with Gasteiger partial charge in [-0.3, -0.25) is 0 Å². The lowest BCUT2D eigenvalue weighted by Crippen LogP contribution is -2.32. The van der Waals surface area contributed by atoms with Crippen LogP contribution in [-0.4, -0.2) is 25.9 Å². The first-order valence-electron chi connectivity index (χ1n) is 7.41. The topological polar surface area (TPSA) is 46.6 Å². The minimum atomic E-state index is -3.50. The van der Waals surface area contributed by atoms with E-state index < -0.39 is 10.0 Å². The molecule has 23 heavy (non-hydrogen) atoms. The lowest BCUT2D eigenvalue weighted by molar-refractivity contribution is 0.397. The quantitative estimate of drug-likeness (QED) is 0.746. The molecular weight excluding hydrogens is 378 g/mol. The average Bonchev–Trinajstić information content (AvgIpc) is 3.37. The molecule has 1 aliphatic carbocycles. The normalized spacial score (nSPS) is 14.9. The first-order valence-corrected chi connectivity index (χ1v) is 9.64. The monoisotopic (exact) mass is 395 g/mol. The number of hydrogen-bond acceptors (Lipinski definition) is 3. The Kier molecular flexibility index (Phi) is 4.75. The molecule has 0 spiro atoms. The van der Waals surface area contributed by atoms with E-state index in [9.17, 15) is 8.42 Å². The summed E-state index contributed by atoms with van der Waals surface area (Å²) in [5.41, 5.74) is 0.955. The van der Waals surface area contributed by atoms with Crippen molar-refractivity contribution in [2.45, 2.75) is 30.3 Å². The Morgan fingerprint density at radius 3 is 2.43 bits per heavy atom. The molecular formula is C17H18BrNO3S. The van der Waals surface area contributed by atoms with Crippen LogP contribution >= 0.6 is 15.9 Å². The van der Waals surface area contributed by atoms with Crippen LogP contribution in [0.25, 0.3) is 0 Å². The molecule has 0 radical (unpaired) electrons. The van der Waals surface area contributed by atoms with Crippen LogP contribution in [0.1, 0.15) is 18.4 Å². The van der Waals surface area contributed by atoms with Crippen molar-refractivity contribution in [3.63, 3.8) is 0 Å². The van der Waals surface area contributed by atoms with E-state index in [1.807, 2.05) is 30.3 Å². The summed E-state index contributed by atoms with van der Waals surface area (Å²) in [6.07, 6.45) is 1.84. The van der Waals surface area contributed by atoms with Gasteiger partial charge in [0, 0.05) is 17.1 Å². The van der Waals surface area contributed by atoms with Crippen molar-refractivity contribution in [3.05, 3.63) is 58.6 Å². The minimum Gasteiger partial charge on any atom is -0.497 e. The van der Waals surface area contributed by atoms with E-state index in [0.29, 0.717) is 11.4 Å². The van der Waals surface area contributed by atoms with Gasteiger partial charge in [-0.15, -0.1) is 0 Å². The maximum atomic E-state index is 13.0. The summed E-state index contributed by atoms with van der Waals surface area (Å²) in [6, 6.07) is 14.5. The molecule has 122 valence electrons. The standard InChI is InChI=1S/C17H18BrNO3S/c1-22-16-9-5-13(6-10-16)12-19(15-7-8-15)23(20,21)17-4-2-3-14(18)11-17/h2-6,9-11,15H,7-8,12H2,1H3. The summed E-state index contributed by atoms with van der Waals surface area (Å²) < 4.78 is 33.5. The van der Waals surface area contributed by atoms with Gasteiger partial charge in [0.05, 0.1) is 12.0 Å². The number of rotatable bonds is 6. The Balaban J connectivity index is 1.89. The second-order valence-electron chi connectivity index (χ2n) is 5.59. The fourth-order valence-electron chi connectivity index (χ4n) is 2.45. The van der Waals surface area contributed by atoms with Crippen molar-refractivity contribution in [2.75, 3.05) is 7.11 Å².